The van der Waals surface area contributed by atoms with Crippen LogP contribution < -0.4 is 21.3 Å². The fourth-order valence-corrected chi connectivity index (χ4v) is 8.63. The maximum absolute atomic E-state index is 14.3. The monoisotopic (exact) mass is 664 g/mol. The summed E-state index contributed by atoms with van der Waals surface area (Å²) in [7, 11) is 0. The molecule has 6 unspecified atom stereocenters. The minimum absolute atomic E-state index is 0.117. The van der Waals surface area contributed by atoms with Gasteiger partial charge in [-0.15, -0.1) is 0 Å². The highest BCUT2D eigenvalue weighted by Gasteiger charge is 2.64. The summed E-state index contributed by atoms with van der Waals surface area (Å²) in [6, 6.07) is 32.7. The van der Waals surface area contributed by atoms with Crippen LogP contribution in [0.4, 0.5) is 5.69 Å². The van der Waals surface area contributed by atoms with E-state index in [9.17, 15) is 19.2 Å². The van der Waals surface area contributed by atoms with E-state index in [2.05, 4.69) is 38.1 Å². The standard InChI is InChI=1S/C40H36N6O4/c47-35-30(19-24-11-3-1-4-12-24)41-36(48)31(42-35)21-26-23-45(33-18-10-7-15-27(26)33)40-22-34-37(49)43-32(20-25-13-5-2-6-14-25)38(50)46(34)39(40)44-29-17-9-8-16-28(29)40/h1-18,23,30-32,34,39,44H,19-22H2,(H,41,48)(H,42,47)(H,43,49). The topological polar surface area (TPSA) is 125 Å². The Morgan fingerprint density at radius 1 is 0.600 bits per heavy atom. The van der Waals surface area contributed by atoms with Gasteiger partial charge in [-0.3, -0.25) is 19.2 Å². The van der Waals surface area contributed by atoms with Crippen molar-refractivity contribution >= 4 is 40.2 Å². The third-order valence-electron chi connectivity index (χ3n) is 10.9. The molecule has 0 saturated carbocycles. The van der Waals surface area contributed by atoms with E-state index in [1.807, 2.05) is 103 Å². The van der Waals surface area contributed by atoms with Crippen molar-refractivity contribution < 1.29 is 19.2 Å². The Balaban J connectivity index is 1.08. The zero-order valence-corrected chi connectivity index (χ0v) is 27.2. The second-order valence-corrected chi connectivity index (χ2v) is 13.8. The van der Waals surface area contributed by atoms with E-state index in [1.165, 1.54) is 0 Å². The number of benzene rings is 4. The number of amides is 4. The summed E-state index contributed by atoms with van der Waals surface area (Å²) in [5, 5.41) is 13.6. The second kappa shape index (κ2) is 11.6. The van der Waals surface area contributed by atoms with Crippen LogP contribution in [0.1, 0.15) is 28.7 Å². The molecule has 1 aromatic heterocycles. The molecule has 0 radical (unpaired) electrons. The fourth-order valence-electron chi connectivity index (χ4n) is 8.63. The molecule has 3 fully saturated rings. The van der Waals surface area contributed by atoms with E-state index in [0.29, 0.717) is 19.3 Å². The average molecular weight is 665 g/mol. The van der Waals surface area contributed by atoms with Gasteiger partial charge >= 0.3 is 0 Å². The van der Waals surface area contributed by atoms with E-state index >= 15 is 0 Å². The molecular formula is C40H36N6O4. The van der Waals surface area contributed by atoms with Crippen LogP contribution in [0.15, 0.2) is 115 Å². The summed E-state index contributed by atoms with van der Waals surface area (Å²) >= 11 is 0. The molecule has 250 valence electrons. The van der Waals surface area contributed by atoms with Crippen molar-refractivity contribution in [3.8, 4) is 0 Å². The summed E-state index contributed by atoms with van der Waals surface area (Å²) in [6.07, 6.45) is 3.00. The van der Waals surface area contributed by atoms with Gasteiger partial charge in [0.15, 0.2) is 0 Å². The van der Waals surface area contributed by atoms with Crippen LogP contribution >= 0.6 is 0 Å². The van der Waals surface area contributed by atoms with Crippen LogP contribution in [0.25, 0.3) is 10.9 Å². The zero-order chi connectivity index (χ0) is 34.0. The van der Waals surface area contributed by atoms with Crippen LogP contribution in [0, 0.1) is 0 Å². The van der Waals surface area contributed by atoms with Gasteiger partial charge in [-0.05, 0) is 28.8 Å². The largest absolute Gasteiger partial charge is 0.363 e. The number of nitrogens with one attached hydrogen (secondary N) is 4. The van der Waals surface area contributed by atoms with Crippen LogP contribution in [0.5, 0.6) is 0 Å². The molecule has 5 aromatic rings. The SMILES string of the molecule is O=C1NC(Cc2cn(C34CC5C(=O)NC(Cc6ccccc6)C(=O)N5C3Nc3ccccc34)c3ccccc23)C(=O)NC1Cc1ccccc1. The van der Waals surface area contributed by atoms with E-state index < -0.39 is 35.9 Å². The molecule has 4 aliphatic heterocycles. The first kappa shape index (κ1) is 30.2. The first-order valence-corrected chi connectivity index (χ1v) is 17.2. The maximum atomic E-state index is 14.3. The Morgan fingerprint density at radius 2 is 1.18 bits per heavy atom. The Hall–Kier alpha value is -5.90. The Bertz CT molecular complexity index is 2170. The summed E-state index contributed by atoms with van der Waals surface area (Å²) < 4.78 is 2.20. The Kier molecular flexibility index (Phi) is 7.01. The molecule has 3 saturated heterocycles. The highest BCUT2D eigenvalue weighted by Crippen LogP contribution is 2.54. The number of aromatic nitrogens is 1. The molecular weight excluding hydrogens is 628 g/mol. The molecule has 4 amide bonds. The molecule has 6 atom stereocenters. The molecule has 10 heteroatoms. The maximum Gasteiger partial charge on any atom is 0.247 e. The van der Waals surface area contributed by atoms with Gasteiger partial charge in [-0.1, -0.05) is 97.1 Å². The summed E-state index contributed by atoms with van der Waals surface area (Å²) in [6.45, 7) is 0. The molecule has 9 rings (SSSR count). The first-order valence-electron chi connectivity index (χ1n) is 17.2. The van der Waals surface area contributed by atoms with Crippen molar-refractivity contribution in [3.63, 3.8) is 0 Å². The lowest BCUT2D eigenvalue weighted by Gasteiger charge is -2.39. The number of rotatable bonds is 7. The first-order chi connectivity index (χ1) is 24.4. The van der Waals surface area contributed by atoms with Gasteiger partial charge in [0.05, 0.1) is 0 Å². The normalized spacial score (nSPS) is 26.8. The van der Waals surface area contributed by atoms with Crippen molar-refractivity contribution in [1.29, 1.82) is 0 Å². The van der Waals surface area contributed by atoms with Crippen molar-refractivity contribution in [2.24, 2.45) is 0 Å². The third kappa shape index (κ3) is 4.69. The van der Waals surface area contributed by atoms with E-state index in [1.54, 1.807) is 4.90 Å². The van der Waals surface area contributed by atoms with Crippen molar-refractivity contribution in [2.75, 3.05) is 5.32 Å². The van der Waals surface area contributed by atoms with Crippen LogP contribution in [-0.2, 0) is 44.0 Å². The Labute approximate surface area is 288 Å². The van der Waals surface area contributed by atoms with Crippen LogP contribution in [0.2, 0.25) is 0 Å². The van der Waals surface area contributed by atoms with Crippen molar-refractivity contribution in [3.05, 3.63) is 138 Å². The molecule has 4 N–H and O–H groups in total. The highest BCUT2D eigenvalue weighted by molar-refractivity contribution is 6.00. The number of hydrogen-bond acceptors (Lipinski definition) is 5. The molecule has 4 aliphatic rings. The molecule has 4 aromatic carbocycles. The van der Waals surface area contributed by atoms with Crippen molar-refractivity contribution in [1.82, 2.24) is 25.4 Å². The van der Waals surface area contributed by atoms with E-state index in [-0.39, 0.29) is 30.0 Å². The molecule has 50 heavy (non-hydrogen) atoms. The van der Waals surface area contributed by atoms with Crippen LogP contribution in [0.3, 0.4) is 0 Å². The lowest BCUT2D eigenvalue weighted by Crippen LogP contribution is -2.64. The third-order valence-corrected chi connectivity index (χ3v) is 10.9. The average Bonchev–Trinajstić information content (AvgIpc) is 3.78. The highest BCUT2D eigenvalue weighted by atomic mass is 16.2. The minimum Gasteiger partial charge on any atom is -0.363 e. The number of anilines is 1. The summed E-state index contributed by atoms with van der Waals surface area (Å²) in [4.78, 5) is 56.7. The predicted octanol–water partition coefficient (Wildman–Crippen LogP) is 3.25. The summed E-state index contributed by atoms with van der Waals surface area (Å²) in [5.41, 5.74) is 4.86. The number of carbonyl (C=O) groups excluding carboxylic acids is 4. The smallest absolute Gasteiger partial charge is 0.247 e. The van der Waals surface area contributed by atoms with Gasteiger partial charge in [0.2, 0.25) is 23.6 Å². The molecule has 10 nitrogen and oxygen atoms in total. The molecule has 0 spiro atoms. The van der Waals surface area contributed by atoms with E-state index in [0.717, 1.165) is 38.8 Å². The van der Waals surface area contributed by atoms with Gasteiger partial charge in [0.25, 0.3) is 0 Å². The molecule has 0 bridgehead atoms. The number of hydrogen-bond donors (Lipinski definition) is 4. The lowest BCUT2D eigenvalue weighted by atomic mass is 9.86. The van der Waals surface area contributed by atoms with Crippen LogP contribution in [-0.4, -0.2) is 63.4 Å². The lowest BCUT2D eigenvalue weighted by molar-refractivity contribution is -0.148. The number of piperazine rings is 2. The number of carbonyl (C=O) groups is 4. The number of para-hydroxylation sites is 2. The number of nitrogens with zero attached hydrogens (tertiary/aromatic N) is 2. The van der Waals surface area contributed by atoms with Gasteiger partial charge in [-0.25, -0.2) is 0 Å². The Morgan fingerprint density at radius 3 is 1.90 bits per heavy atom. The summed E-state index contributed by atoms with van der Waals surface area (Å²) in [5.74, 6) is -0.719. The molecule has 0 aliphatic carbocycles. The fraction of sp³-hybridized carbons (Fsp3) is 0.250. The molecule has 5 heterocycles. The number of fused-ring (bicyclic) bond motifs is 6. The minimum atomic E-state index is -0.813. The van der Waals surface area contributed by atoms with Gasteiger partial charge in [0.1, 0.15) is 35.9 Å². The van der Waals surface area contributed by atoms with Gasteiger partial charge in [-0.2, -0.15) is 0 Å². The second-order valence-electron chi connectivity index (χ2n) is 13.8. The predicted molar refractivity (Wildman–Crippen MR) is 188 cm³/mol. The zero-order valence-electron chi connectivity index (χ0n) is 27.2. The van der Waals surface area contributed by atoms with Crippen molar-refractivity contribution in [2.45, 2.75) is 61.6 Å². The van der Waals surface area contributed by atoms with Gasteiger partial charge < -0.3 is 30.7 Å². The van der Waals surface area contributed by atoms with Gasteiger partial charge in [0, 0.05) is 54.0 Å². The van der Waals surface area contributed by atoms with E-state index in [4.69, 9.17) is 0 Å². The quantitative estimate of drug-likeness (QED) is 0.213.